The van der Waals surface area contributed by atoms with Crippen molar-refractivity contribution in [2.75, 3.05) is 13.2 Å². The molecule has 1 aromatic heterocycles. The van der Waals surface area contributed by atoms with Crippen LogP contribution in [0.4, 0.5) is 0 Å². The molecule has 0 aliphatic carbocycles. The maximum atomic E-state index is 10.4. The zero-order valence-electron chi connectivity index (χ0n) is 8.44. The number of aromatic nitrogens is 1. The number of nitrogens with zero attached hydrogens (tertiary/aromatic N) is 1. The van der Waals surface area contributed by atoms with Gasteiger partial charge in [-0.3, -0.25) is 4.79 Å². The van der Waals surface area contributed by atoms with Gasteiger partial charge in [-0.05, 0) is 12.8 Å². The Hall–Kier alpha value is -0.780. The third-order valence-corrected chi connectivity index (χ3v) is 3.38. The highest BCUT2D eigenvalue weighted by molar-refractivity contribution is 7.13. The van der Waals surface area contributed by atoms with E-state index < -0.39 is 0 Å². The monoisotopic (exact) mass is 226 g/mol. The zero-order valence-corrected chi connectivity index (χ0v) is 9.26. The van der Waals surface area contributed by atoms with E-state index in [1.54, 1.807) is 6.20 Å². The van der Waals surface area contributed by atoms with Crippen molar-refractivity contribution in [2.24, 2.45) is 0 Å². The molecule has 1 aliphatic heterocycles. The third kappa shape index (κ3) is 3.09. The van der Waals surface area contributed by atoms with Crippen LogP contribution in [0.5, 0.6) is 0 Å². The minimum Gasteiger partial charge on any atom is -0.381 e. The van der Waals surface area contributed by atoms with E-state index in [0.29, 0.717) is 11.0 Å². The van der Waals surface area contributed by atoms with Gasteiger partial charge in [-0.15, -0.1) is 11.3 Å². The van der Waals surface area contributed by atoms with E-state index in [2.05, 4.69) is 10.3 Å². The molecule has 0 amide bonds. The Kier molecular flexibility index (Phi) is 3.82. The van der Waals surface area contributed by atoms with Crippen LogP contribution in [-0.4, -0.2) is 30.5 Å². The Morgan fingerprint density at radius 1 is 1.60 bits per heavy atom. The van der Waals surface area contributed by atoms with Crippen LogP contribution < -0.4 is 5.32 Å². The number of ether oxygens (including phenoxy) is 1. The van der Waals surface area contributed by atoms with Crippen molar-refractivity contribution in [3.05, 3.63) is 16.1 Å². The number of carbonyl (C=O) groups is 1. The van der Waals surface area contributed by atoms with Gasteiger partial charge in [0.15, 0.2) is 11.3 Å². The Labute approximate surface area is 92.7 Å². The second-order valence-electron chi connectivity index (χ2n) is 3.55. The topological polar surface area (TPSA) is 51.2 Å². The fourth-order valence-electron chi connectivity index (χ4n) is 1.61. The van der Waals surface area contributed by atoms with Gasteiger partial charge in [0, 0.05) is 36.9 Å². The summed E-state index contributed by atoms with van der Waals surface area (Å²) in [5, 5.41) is 4.00. The van der Waals surface area contributed by atoms with Gasteiger partial charge in [0.1, 0.15) is 0 Å². The molecule has 5 heteroatoms. The molecule has 1 N–H and O–H groups in total. The summed E-state index contributed by atoms with van der Waals surface area (Å²) >= 11 is 1.45. The second-order valence-corrected chi connectivity index (χ2v) is 4.70. The van der Waals surface area contributed by atoms with Crippen molar-refractivity contribution < 1.29 is 9.53 Å². The molecule has 0 bridgehead atoms. The summed E-state index contributed by atoms with van der Waals surface area (Å²) in [6, 6.07) is 0.542. The van der Waals surface area contributed by atoms with E-state index in [1.807, 2.05) is 0 Å². The summed E-state index contributed by atoms with van der Waals surface area (Å²) in [4.78, 5) is 15.5. The van der Waals surface area contributed by atoms with E-state index in [0.717, 1.165) is 43.8 Å². The summed E-state index contributed by atoms with van der Waals surface area (Å²) in [5.41, 5.74) is 0. The molecule has 15 heavy (non-hydrogen) atoms. The number of carbonyl (C=O) groups excluding carboxylic acids is 1. The molecule has 0 unspecified atom stereocenters. The normalized spacial score (nSPS) is 17.9. The summed E-state index contributed by atoms with van der Waals surface area (Å²) in [5.74, 6) is 0. The van der Waals surface area contributed by atoms with E-state index in [-0.39, 0.29) is 0 Å². The first-order valence-corrected chi connectivity index (χ1v) is 5.91. The molecule has 4 nitrogen and oxygen atoms in total. The second kappa shape index (κ2) is 5.34. The van der Waals surface area contributed by atoms with Gasteiger partial charge >= 0.3 is 0 Å². The largest absolute Gasteiger partial charge is 0.381 e. The first-order chi connectivity index (χ1) is 7.38. The minimum absolute atomic E-state index is 0.542. The van der Waals surface area contributed by atoms with Crippen LogP contribution >= 0.6 is 11.3 Å². The standard InChI is InChI=1S/C10H14N2O2S/c13-7-10-12-6-9(15-10)5-11-8-1-3-14-4-2-8/h6-8,11H,1-5H2. The molecule has 0 atom stereocenters. The number of hydrogen-bond acceptors (Lipinski definition) is 5. The first-order valence-electron chi connectivity index (χ1n) is 5.09. The molecule has 0 radical (unpaired) electrons. The lowest BCUT2D eigenvalue weighted by Crippen LogP contribution is -2.34. The van der Waals surface area contributed by atoms with Gasteiger partial charge < -0.3 is 10.1 Å². The van der Waals surface area contributed by atoms with Crippen LogP contribution in [0, 0.1) is 0 Å². The molecule has 1 aromatic rings. The average molecular weight is 226 g/mol. The Bertz CT molecular complexity index is 321. The van der Waals surface area contributed by atoms with Crippen LogP contribution in [0.1, 0.15) is 27.5 Å². The summed E-state index contributed by atoms with van der Waals surface area (Å²) in [7, 11) is 0. The zero-order chi connectivity index (χ0) is 10.5. The van der Waals surface area contributed by atoms with Crippen LogP contribution in [0.2, 0.25) is 0 Å². The lowest BCUT2D eigenvalue weighted by molar-refractivity contribution is 0.0776. The van der Waals surface area contributed by atoms with Gasteiger partial charge in [0.05, 0.1) is 0 Å². The minimum atomic E-state index is 0.542. The fraction of sp³-hybridized carbons (Fsp3) is 0.600. The third-order valence-electron chi connectivity index (χ3n) is 2.46. The fourth-order valence-corrected chi connectivity index (χ4v) is 2.29. The molecule has 0 saturated carbocycles. The lowest BCUT2D eigenvalue weighted by Gasteiger charge is -2.22. The first kappa shape index (κ1) is 10.7. The molecule has 1 fully saturated rings. The van der Waals surface area contributed by atoms with Crippen molar-refractivity contribution >= 4 is 17.6 Å². The number of aldehydes is 1. The van der Waals surface area contributed by atoms with Crippen molar-refractivity contribution in [2.45, 2.75) is 25.4 Å². The molecular formula is C10H14N2O2S. The molecule has 1 aliphatic rings. The lowest BCUT2D eigenvalue weighted by atomic mass is 10.1. The molecule has 0 aromatic carbocycles. The highest BCUT2D eigenvalue weighted by atomic mass is 32.1. The quantitative estimate of drug-likeness (QED) is 0.784. The van der Waals surface area contributed by atoms with E-state index in [4.69, 9.17) is 4.74 Å². The number of nitrogens with one attached hydrogen (secondary N) is 1. The van der Waals surface area contributed by atoms with Gasteiger partial charge in [0.2, 0.25) is 0 Å². The van der Waals surface area contributed by atoms with Gasteiger partial charge in [-0.25, -0.2) is 4.98 Å². The van der Waals surface area contributed by atoms with Crippen molar-refractivity contribution in [3.8, 4) is 0 Å². The Balaban J connectivity index is 1.79. The highest BCUT2D eigenvalue weighted by Gasteiger charge is 2.13. The molecule has 2 rings (SSSR count). The number of thiazole rings is 1. The molecule has 82 valence electrons. The summed E-state index contributed by atoms with van der Waals surface area (Å²) < 4.78 is 5.28. The Morgan fingerprint density at radius 2 is 2.40 bits per heavy atom. The van der Waals surface area contributed by atoms with Crippen LogP contribution in [0.25, 0.3) is 0 Å². The SMILES string of the molecule is O=Cc1ncc(CNC2CCOCC2)s1. The van der Waals surface area contributed by atoms with Crippen molar-refractivity contribution in [3.63, 3.8) is 0 Å². The maximum Gasteiger partial charge on any atom is 0.178 e. The average Bonchev–Trinajstić information content (AvgIpc) is 2.76. The smallest absolute Gasteiger partial charge is 0.178 e. The van der Waals surface area contributed by atoms with Crippen molar-refractivity contribution in [1.82, 2.24) is 10.3 Å². The summed E-state index contributed by atoms with van der Waals surface area (Å²) in [6.07, 6.45) is 4.70. The molecule has 2 heterocycles. The van der Waals surface area contributed by atoms with Crippen LogP contribution in [0.3, 0.4) is 0 Å². The number of rotatable bonds is 4. The number of hydrogen-bond donors (Lipinski definition) is 1. The maximum absolute atomic E-state index is 10.4. The predicted molar refractivity (Wildman–Crippen MR) is 58.2 cm³/mol. The highest BCUT2D eigenvalue weighted by Crippen LogP contribution is 2.12. The Morgan fingerprint density at radius 3 is 3.07 bits per heavy atom. The summed E-state index contributed by atoms with van der Waals surface area (Å²) in [6.45, 7) is 2.50. The molecular weight excluding hydrogens is 212 g/mol. The van der Waals surface area contributed by atoms with E-state index in [1.165, 1.54) is 11.3 Å². The van der Waals surface area contributed by atoms with Gasteiger partial charge in [0.25, 0.3) is 0 Å². The van der Waals surface area contributed by atoms with E-state index >= 15 is 0 Å². The van der Waals surface area contributed by atoms with E-state index in [9.17, 15) is 4.79 Å². The van der Waals surface area contributed by atoms with Gasteiger partial charge in [-0.2, -0.15) is 0 Å². The predicted octanol–water partition coefficient (Wildman–Crippen LogP) is 1.22. The van der Waals surface area contributed by atoms with Crippen LogP contribution in [0.15, 0.2) is 6.20 Å². The van der Waals surface area contributed by atoms with Gasteiger partial charge in [-0.1, -0.05) is 0 Å². The molecule has 0 spiro atoms. The molecule has 1 saturated heterocycles. The van der Waals surface area contributed by atoms with Crippen molar-refractivity contribution in [1.29, 1.82) is 0 Å². The van der Waals surface area contributed by atoms with Crippen LogP contribution in [-0.2, 0) is 11.3 Å².